The lowest BCUT2D eigenvalue weighted by Crippen LogP contribution is -2.48. The van der Waals surface area contributed by atoms with Gasteiger partial charge in [-0.2, -0.15) is 13.2 Å². The van der Waals surface area contributed by atoms with Crippen molar-refractivity contribution >= 4 is 11.8 Å². The Kier molecular flexibility index (Phi) is 4.19. The fourth-order valence-electron chi connectivity index (χ4n) is 2.20. The fourth-order valence-corrected chi connectivity index (χ4v) is 2.20. The third-order valence-electron chi connectivity index (χ3n) is 3.00. The highest BCUT2D eigenvalue weighted by molar-refractivity contribution is 6.06. The maximum absolute atomic E-state index is 12.6. The highest BCUT2D eigenvalue weighted by Crippen LogP contribution is 2.42. The molecule has 1 atom stereocenters. The number of carbonyl (C=O) groups excluding carboxylic acids is 2. The third-order valence-corrected chi connectivity index (χ3v) is 3.00. The van der Waals surface area contributed by atoms with E-state index in [0.717, 1.165) is 0 Å². The zero-order valence-corrected chi connectivity index (χ0v) is 10.3. The number of ketones is 1. The van der Waals surface area contributed by atoms with E-state index < -0.39 is 23.3 Å². The first-order valence-corrected chi connectivity index (χ1v) is 5.68. The highest BCUT2D eigenvalue weighted by atomic mass is 19.4. The first kappa shape index (κ1) is 14.7. The van der Waals surface area contributed by atoms with Gasteiger partial charge in [-0.3, -0.25) is 9.59 Å². The summed E-state index contributed by atoms with van der Waals surface area (Å²) >= 11 is 0. The molecule has 1 aliphatic carbocycles. The van der Waals surface area contributed by atoms with Gasteiger partial charge in [0.15, 0.2) is 0 Å². The lowest BCUT2D eigenvalue weighted by atomic mass is 9.71. The average molecular weight is 264 g/mol. The van der Waals surface area contributed by atoms with E-state index in [1.807, 2.05) is 0 Å². The van der Waals surface area contributed by atoms with E-state index in [4.69, 9.17) is 0 Å². The van der Waals surface area contributed by atoms with Crippen LogP contribution < -0.4 is 0 Å². The van der Waals surface area contributed by atoms with Crippen molar-refractivity contribution in [2.24, 2.45) is 5.41 Å². The van der Waals surface area contributed by atoms with Crippen LogP contribution in [0.25, 0.3) is 0 Å². The molecule has 1 aliphatic rings. The van der Waals surface area contributed by atoms with Crippen LogP contribution in [0.1, 0.15) is 33.1 Å². The minimum absolute atomic E-state index is 0.0471. The van der Waals surface area contributed by atoms with Gasteiger partial charge in [-0.25, -0.2) is 0 Å². The summed E-state index contributed by atoms with van der Waals surface area (Å²) in [5.41, 5.74) is -1.49. The van der Waals surface area contributed by atoms with Gasteiger partial charge in [0, 0.05) is 0 Å². The smallest absolute Gasteiger partial charge is 0.451 e. The van der Waals surface area contributed by atoms with E-state index in [9.17, 15) is 22.8 Å². The van der Waals surface area contributed by atoms with Gasteiger partial charge in [0.05, 0.1) is 6.61 Å². The first-order valence-electron chi connectivity index (χ1n) is 5.68. The molecular weight excluding hydrogens is 249 g/mol. The molecule has 1 rings (SSSR count). The van der Waals surface area contributed by atoms with Crippen LogP contribution in [-0.2, 0) is 14.3 Å². The summed E-state index contributed by atoms with van der Waals surface area (Å²) in [5.74, 6) is -3.07. The minimum atomic E-state index is -5.02. The quantitative estimate of drug-likeness (QED) is 0.447. The number of ether oxygens (including phenoxy) is 1. The van der Waals surface area contributed by atoms with Crippen LogP contribution in [-0.4, -0.2) is 24.5 Å². The molecule has 0 aromatic rings. The second kappa shape index (κ2) is 5.12. The molecule has 18 heavy (non-hydrogen) atoms. The molecule has 0 radical (unpaired) electrons. The topological polar surface area (TPSA) is 43.4 Å². The van der Waals surface area contributed by atoms with Gasteiger partial charge in [0.2, 0.25) is 0 Å². The maximum atomic E-state index is 12.6. The predicted molar refractivity (Wildman–Crippen MR) is 57.7 cm³/mol. The van der Waals surface area contributed by atoms with Crippen molar-refractivity contribution < 1.29 is 27.5 Å². The van der Waals surface area contributed by atoms with Crippen molar-refractivity contribution in [2.45, 2.75) is 39.3 Å². The Morgan fingerprint density at radius 2 is 2.06 bits per heavy atom. The van der Waals surface area contributed by atoms with Crippen molar-refractivity contribution in [3.05, 3.63) is 11.6 Å². The molecular formula is C12H15F3O3. The molecule has 0 amide bonds. The molecule has 1 unspecified atom stereocenters. The predicted octanol–water partition coefficient (Wildman–Crippen LogP) is 2.80. The van der Waals surface area contributed by atoms with Crippen molar-refractivity contribution in [3.63, 3.8) is 0 Å². The van der Waals surface area contributed by atoms with Crippen LogP contribution in [0.2, 0.25) is 0 Å². The van der Waals surface area contributed by atoms with Crippen molar-refractivity contribution in [3.8, 4) is 0 Å². The number of rotatable bonds is 3. The van der Waals surface area contributed by atoms with Crippen LogP contribution in [0, 0.1) is 5.41 Å². The highest BCUT2D eigenvalue weighted by Gasteiger charge is 2.58. The molecule has 0 saturated carbocycles. The van der Waals surface area contributed by atoms with E-state index in [2.05, 4.69) is 4.74 Å². The maximum Gasteiger partial charge on any atom is 0.451 e. The number of hydrogen-bond donors (Lipinski definition) is 0. The van der Waals surface area contributed by atoms with Crippen LogP contribution in [0.4, 0.5) is 13.2 Å². The number of halogens is 3. The van der Waals surface area contributed by atoms with Crippen LogP contribution in [0.15, 0.2) is 11.6 Å². The number of esters is 1. The normalized spacial score (nSPS) is 24.4. The summed E-state index contributed by atoms with van der Waals surface area (Å²) in [6.45, 7) is 3.06. The number of carbonyl (C=O) groups is 2. The van der Waals surface area contributed by atoms with E-state index in [-0.39, 0.29) is 25.9 Å². The molecule has 3 nitrogen and oxygen atoms in total. The van der Waals surface area contributed by atoms with Gasteiger partial charge < -0.3 is 4.74 Å². The van der Waals surface area contributed by atoms with Gasteiger partial charge in [0.25, 0.3) is 5.78 Å². The molecule has 0 saturated heterocycles. The van der Waals surface area contributed by atoms with Gasteiger partial charge in [-0.05, 0) is 33.1 Å². The van der Waals surface area contributed by atoms with Crippen LogP contribution >= 0.6 is 0 Å². The molecule has 0 heterocycles. The Labute approximate surface area is 103 Å². The van der Waals surface area contributed by atoms with E-state index >= 15 is 0 Å². The summed E-state index contributed by atoms with van der Waals surface area (Å²) in [6, 6.07) is 0. The first-order chi connectivity index (χ1) is 8.24. The van der Waals surface area contributed by atoms with Gasteiger partial charge >= 0.3 is 12.1 Å². The number of allylic oxidation sites excluding steroid dienone is 2. The summed E-state index contributed by atoms with van der Waals surface area (Å²) in [6.07, 6.45) is -3.39. The number of alkyl halides is 3. The molecule has 0 aliphatic heterocycles. The molecule has 0 aromatic heterocycles. The van der Waals surface area contributed by atoms with Crippen LogP contribution in [0.3, 0.4) is 0 Å². The Morgan fingerprint density at radius 3 is 2.50 bits per heavy atom. The Balaban J connectivity index is 3.14. The summed E-state index contributed by atoms with van der Waals surface area (Å²) in [7, 11) is 0. The molecule has 0 aromatic carbocycles. The van der Waals surface area contributed by atoms with Crippen LogP contribution in [0.5, 0.6) is 0 Å². The Hall–Kier alpha value is -1.33. The Morgan fingerprint density at radius 1 is 1.44 bits per heavy atom. The standard InChI is InChI=1S/C12H15F3O3/c1-3-18-10(17)11(9(16)12(13,14)15)6-4-5-8(2)7-11/h5H,3-4,6-7H2,1-2H3. The van der Waals surface area contributed by atoms with Gasteiger partial charge in [-0.15, -0.1) is 0 Å². The minimum Gasteiger partial charge on any atom is -0.465 e. The molecule has 0 spiro atoms. The van der Waals surface area contributed by atoms with Crippen molar-refractivity contribution in [2.75, 3.05) is 6.61 Å². The Bertz CT molecular complexity index is 385. The lowest BCUT2D eigenvalue weighted by molar-refractivity contribution is -0.190. The summed E-state index contributed by atoms with van der Waals surface area (Å²) in [5, 5.41) is 0. The average Bonchev–Trinajstić information content (AvgIpc) is 2.27. The molecule has 0 fully saturated rings. The van der Waals surface area contributed by atoms with Crippen molar-refractivity contribution in [1.82, 2.24) is 0 Å². The van der Waals surface area contributed by atoms with E-state index in [1.54, 1.807) is 13.0 Å². The second-order valence-corrected chi connectivity index (χ2v) is 4.40. The summed E-state index contributed by atoms with van der Waals surface area (Å²) < 4.78 is 42.6. The largest absolute Gasteiger partial charge is 0.465 e. The fraction of sp³-hybridized carbons (Fsp3) is 0.667. The third kappa shape index (κ3) is 2.73. The number of hydrogen-bond acceptors (Lipinski definition) is 3. The van der Waals surface area contributed by atoms with Crippen molar-refractivity contribution in [1.29, 1.82) is 0 Å². The molecule has 0 N–H and O–H groups in total. The summed E-state index contributed by atoms with van der Waals surface area (Å²) in [4.78, 5) is 23.3. The van der Waals surface area contributed by atoms with E-state index in [1.165, 1.54) is 6.92 Å². The van der Waals surface area contributed by atoms with Gasteiger partial charge in [-0.1, -0.05) is 11.6 Å². The second-order valence-electron chi connectivity index (χ2n) is 4.40. The number of Topliss-reactive ketones (excluding diaryl/α,β-unsaturated/α-hetero) is 1. The molecule has 0 bridgehead atoms. The lowest BCUT2D eigenvalue weighted by Gasteiger charge is -2.33. The zero-order chi connectivity index (χ0) is 14.0. The molecule has 6 heteroatoms. The monoisotopic (exact) mass is 264 g/mol. The van der Waals surface area contributed by atoms with Gasteiger partial charge in [0.1, 0.15) is 5.41 Å². The van der Waals surface area contributed by atoms with E-state index in [0.29, 0.717) is 5.57 Å². The SMILES string of the molecule is CCOC(=O)C1(C(=O)C(F)(F)F)CCC=C(C)C1. The zero-order valence-electron chi connectivity index (χ0n) is 10.3. The molecule has 102 valence electrons.